The van der Waals surface area contributed by atoms with Crippen LogP contribution in [0.3, 0.4) is 0 Å². The summed E-state index contributed by atoms with van der Waals surface area (Å²) in [6.45, 7) is 4.75. The molecule has 1 heteroatoms. The number of nitrogens with zero attached hydrogens (tertiary/aromatic N) is 1. The first-order valence-electron chi connectivity index (χ1n) is 6.47. The van der Waals surface area contributed by atoms with E-state index in [0.29, 0.717) is 0 Å². The van der Waals surface area contributed by atoms with Crippen molar-refractivity contribution in [2.24, 2.45) is 11.8 Å². The van der Waals surface area contributed by atoms with Crippen LogP contribution in [0, 0.1) is 11.8 Å². The molecule has 2 aliphatic rings. The summed E-state index contributed by atoms with van der Waals surface area (Å²) in [7, 11) is 2.33. The van der Waals surface area contributed by atoms with Gasteiger partial charge in [0.2, 0.25) is 0 Å². The van der Waals surface area contributed by atoms with E-state index in [1.54, 1.807) is 0 Å². The third-order valence-electron chi connectivity index (χ3n) is 4.56. The highest BCUT2D eigenvalue weighted by Gasteiger charge is 2.50. The van der Waals surface area contributed by atoms with Gasteiger partial charge in [0.25, 0.3) is 0 Å². The Morgan fingerprint density at radius 1 is 1.21 bits per heavy atom. The van der Waals surface area contributed by atoms with Gasteiger partial charge in [-0.05, 0) is 31.7 Å². The van der Waals surface area contributed by atoms with Gasteiger partial charge in [0.15, 0.2) is 0 Å². The minimum atomic E-state index is 0.909. The molecule has 4 atom stereocenters. The third-order valence-corrected chi connectivity index (χ3v) is 4.56. The van der Waals surface area contributed by atoms with E-state index in [0.717, 1.165) is 23.9 Å². The molecule has 1 nitrogen and oxygen atoms in total. The molecule has 0 radical (unpaired) electrons. The Balaban J connectivity index is 1.87. The first kappa shape index (κ1) is 10.5. The number of hydrogen-bond donors (Lipinski definition) is 0. The molecule has 1 saturated heterocycles. The normalized spacial score (nSPS) is 40.9. The van der Waals surface area contributed by atoms with Crippen LogP contribution in [0.5, 0.6) is 0 Å². The van der Waals surface area contributed by atoms with Crippen molar-refractivity contribution in [1.82, 2.24) is 4.90 Å². The average Bonchev–Trinajstić information content (AvgIpc) is 2.90. The second-order valence-corrected chi connectivity index (χ2v) is 5.43. The van der Waals surface area contributed by atoms with Gasteiger partial charge in [0.05, 0.1) is 0 Å². The molecule has 2 rings (SSSR count). The molecule has 0 N–H and O–H groups in total. The van der Waals surface area contributed by atoms with E-state index in [-0.39, 0.29) is 0 Å². The van der Waals surface area contributed by atoms with Crippen molar-refractivity contribution in [1.29, 1.82) is 0 Å². The molecular formula is C13H25N. The van der Waals surface area contributed by atoms with E-state index >= 15 is 0 Å². The van der Waals surface area contributed by atoms with Gasteiger partial charge in [-0.2, -0.15) is 0 Å². The third kappa shape index (κ3) is 1.84. The zero-order chi connectivity index (χ0) is 10.1. The average molecular weight is 195 g/mol. The fourth-order valence-corrected chi connectivity index (χ4v) is 3.45. The van der Waals surface area contributed by atoms with Gasteiger partial charge in [-0.1, -0.05) is 39.5 Å². The predicted octanol–water partition coefficient (Wildman–Crippen LogP) is 3.30. The molecule has 4 unspecified atom stereocenters. The van der Waals surface area contributed by atoms with Crippen LogP contribution in [0.2, 0.25) is 0 Å². The van der Waals surface area contributed by atoms with Gasteiger partial charge >= 0.3 is 0 Å². The van der Waals surface area contributed by atoms with Crippen molar-refractivity contribution in [3.05, 3.63) is 0 Å². The van der Waals surface area contributed by atoms with Crippen molar-refractivity contribution < 1.29 is 0 Å². The largest absolute Gasteiger partial charge is 0.297 e. The lowest BCUT2D eigenvalue weighted by Crippen LogP contribution is -2.17. The molecule has 82 valence electrons. The van der Waals surface area contributed by atoms with Crippen LogP contribution < -0.4 is 0 Å². The van der Waals surface area contributed by atoms with Crippen LogP contribution in [-0.4, -0.2) is 24.0 Å². The van der Waals surface area contributed by atoms with E-state index in [1.165, 1.54) is 38.5 Å². The summed E-state index contributed by atoms with van der Waals surface area (Å²) in [6.07, 6.45) is 8.81. The molecule has 0 aromatic heterocycles. The summed E-state index contributed by atoms with van der Waals surface area (Å²) < 4.78 is 0. The summed E-state index contributed by atoms with van der Waals surface area (Å²) in [4.78, 5) is 2.63. The maximum Gasteiger partial charge on any atom is 0.0283 e. The van der Waals surface area contributed by atoms with Crippen molar-refractivity contribution in [2.75, 3.05) is 7.05 Å². The lowest BCUT2D eigenvalue weighted by Gasteiger charge is -2.21. The summed E-state index contributed by atoms with van der Waals surface area (Å²) in [5, 5.41) is 0. The quantitative estimate of drug-likeness (QED) is 0.624. The number of rotatable bonds is 3. The summed E-state index contributed by atoms with van der Waals surface area (Å²) in [5.74, 6) is 1.94. The minimum absolute atomic E-state index is 0.909. The molecule has 0 aromatic rings. The van der Waals surface area contributed by atoms with Crippen LogP contribution in [-0.2, 0) is 0 Å². The lowest BCUT2D eigenvalue weighted by atomic mass is 9.84. The molecule has 1 heterocycles. The summed E-state index contributed by atoms with van der Waals surface area (Å²) in [6, 6.07) is 1.87. The highest BCUT2D eigenvalue weighted by molar-refractivity contribution is 5.05. The van der Waals surface area contributed by atoms with Crippen molar-refractivity contribution >= 4 is 0 Å². The zero-order valence-corrected chi connectivity index (χ0v) is 10.00. The summed E-state index contributed by atoms with van der Waals surface area (Å²) in [5.41, 5.74) is 0. The maximum absolute atomic E-state index is 2.63. The highest BCUT2D eigenvalue weighted by atomic mass is 15.3. The topological polar surface area (TPSA) is 3.01 Å². The van der Waals surface area contributed by atoms with Crippen LogP contribution in [0.15, 0.2) is 0 Å². The molecule has 0 spiro atoms. The monoisotopic (exact) mass is 195 g/mol. The molecule has 14 heavy (non-hydrogen) atoms. The molecule has 1 aliphatic carbocycles. The van der Waals surface area contributed by atoms with Crippen molar-refractivity contribution in [3.63, 3.8) is 0 Å². The van der Waals surface area contributed by atoms with Crippen LogP contribution in [0.1, 0.15) is 52.4 Å². The van der Waals surface area contributed by atoms with Crippen molar-refractivity contribution in [3.8, 4) is 0 Å². The number of hydrogen-bond acceptors (Lipinski definition) is 1. The van der Waals surface area contributed by atoms with Gasteiger partial charge in [-0.3, -0.25) is 4.90 Å². The summed E-state index contributed by atoms with van der Waals surface area (Å²) >= 11 is 0. The molecule has 0 amide bonds. The Bertz CT molecular complexity index is 182. The Kier molecular flexibility index (Phi) is 3.16. The number of likely N-dealkylation sites (N-methyl/N-ethyl adjacent to an activating group) is 1. The fraction of sp³-hybridized carbons (Fsp3) is 1.00. The Hall–Kier alpha value is -0.0400. The molecular weight excluding hydrogens is 170 g/mol. The lowest BCUT2D eigenvalue weighted by molar-refractivity contribution is 0.323. The van der Waals surface area contributed by atoms with Gasteiger partial charge in [-0.25, -0.2) is 0 Å². The second-order valence-electron chi connectivity index (χ2n) is 5.43. The Morgan fingerprint density at radius 3 is 2.43 bits per heavy atom. The smallest absolute Gasteiger partial charge is 0.0283 e. The van der Waals surface area contributed by atoms with E-state index in [1.807, 2.05) is 0 Å². The molecule has 2 fully saturated rings. The van der Waals surface area contributed by atoms with Crippen LogP contribution in [0.25, 0.3) is 0 Å². The fourth-order valence-electron chi connectivity index (χ4n) is 3.45. The minimum Gasteiger partial charge on any atom is -0.297 e. The van der Waals surface area contributed by atoms with Crippen LogP contribution in [0.4, 0.5) is 0 Å². The maximum atomic E-state index is 2.63. The van der Waals surface area contributed by atoms with Gasteiger partial charge in [-0.15, -0.1) is 0 Å². The van der Waals surface area contributed by atoms with E-state index in [9.17, 15) is 0 Å². The van der Waals surface area contributed by atoms with Gasteiger partial charge in [0, 0.05) is 12.1 Å². The Morgan fingerprint density at radius 2 is 1.86 bits per heavy atom. The zero-order valence-electron chi connectivity index (χ0n) is 10.00. The van der Waals surface area contributed by atoms with E-state index < -0.39 is 0 Å². The van der Waals surface area contributed by atoms with Gasteiger partial charge in [0.1, 0.15) is 0 Å². The first-order valence-corrected chi connectivity index (χ1v) is 6.47. The Labute approximate surface area is 88.9 Å². The van der Waals surface area contributed by atoms with E-state index in [2.05, 4.69) is 25.8 Å². The molecule has 1 aliphatic heterocycles. The van der Waals surface area contributed by atoms with Gasteiger partial charge < -0.3 is 0 Å². The van der Waals surface area contributed by atoms with Crippen LogP contribution >= 0.6 is 0 Å². The highest BCUT2D eigenvalue weighted by Crippen LogP contribution is 2.43. The molecule has 0 aromatic carbocycles. The molecule has 1 saturated carbocycles. The SMILES string of the molecule is CCC(C)C1C(C2CCCCC2)N1C. The van der Waals surface area contributed by atoms with E-state index in [4.69, 9.17) is 0 Å². The predicted molar refractivity (Wildman–Crippen MR) is 61.4 cm³/mol. The second kappa shape index (κ2) is 4.22. The first-order chi connectivity index (χ1) is 6.75. The molecule has 0 bridgehead atoms. The standard InChI is InChI=1S/C13H25N/c1-4-10(2)12-13(14(12)3)11-8-6-5-7-9-11/h10-13H,4-9H2,1-3H3. The van der Waals surface area contributed by atoms with Crippen molar-refractivity contribution in [2.45, 2.75) is 64.5 Å².